The molecule has 146 valence electrons. The summed E-state index contributed by atoms with van der Waals surface area (Å²) in [5, 5.41) is 0. The topological polar surface area (TPSA) is 45.5 Å². The number of aromatic amines is 1. The second-order valence-corrected chi connectivity index (χ2v) is 7.74. The van der Waals surface area contributed by atoms with Crippen molar-refractivity contribution in [1.29, 1.82) is 0 Å². The molecule has 4 nitrogen and oxygen atoms in total. The molecule has 2 aromatic carbocycles. The van der Waals surface area contributed by atoms with E-state index in [1.165, 1.54) is 27.8 Å². The highest BCUT2D eigenvalue weighted by Gasteiger charge is 2.11. The number of nitrogens with zero attached hydrogens (tertiary/aromatic N) is 3. The van der Waals surface area contributed by atoms with Gasteiger partial charge < -0.3 is 4.98 Å². The summed E-state index contributed by atoms with van der Waals surface area (Å²) < 4.78 is 2.14. The number of hydrogen-bond acceptors (Lipinski definition) is 2. The molecule has 0 radical (unpaired) electrons. The first-order valence-corrected chi connectivity index (χ1v) is 10.1. The van der Waals surface area contributed by atoms with Crippen molar-refractivity contribution in [1.82, 2.24) is 15.0 Å². The van der Waals surface area contributed by atoms with Crippen LogP contribution in [-0.4, -0.2) is 15.0 Å². The maximum atomic E-state index is 4.78. The highest BCUT2D eigenvalue weighted by atomic mass is 15.0. The average Bonchev–Trinajstić information content (AvgIpc) is 3.20. The lowest BCUT2D eigenvalue weighted by Gasteiger charge is -2.06. The van der Waals surface area contributed by atoms with E-state index in [1.54, 1.807) is 6.20 Å². The smallest absolute Gasteiger partial charge is 0.195 e. The van der Waals surface area contributed by atoms with Crippen LogP contribution in [0.3, 0.4) is 0 Å². The first kappa shape index (κ1) is 18.3. The van der Waals surface area contributed by atoms with Gasteiger partial charge in [0, 0.05) is 29.6 Å². The Morgan fingerprint density at radius 3 is 2.43 bits per heavy atom. The molecule has 30 heavy (non-hydrogen) atoms. The molecule has 0 amide bonds. The van der Waals surface area contributed by atoms with Crippen molar-refractivity contribution in [2.24, 2.45) is 0 Å². The largest absolute Gasteiger partial charge is 0.333 e. The summed E-state index contributed by atoms with van der Waals surface area (Å²) in [6.07, 6.45) is 7.85. The van der Waals surface area contributed by atoms with Crippen LogP contribution >= 0.6 is 0 Å². The molecular formula is C26H23N4+. The van der Waals surface area contributed by atoms with E-state index in [-0.39, 0.29) is 0 Å². The number of rotatable bonds is 4. The van der Waals surface area contributed by atoms with Crippen molar-refractivity contribution in [2.45, 2.75) is 20.4 Å². The van der Waals surface area contributed by atoms with Crippen LogP contribution in [0.25, 0.3) is 33.5 Å². The molecule has 0 aliphatic rings. The highest BCUT2D eigenvalue weighted by Crippen LogP contribution is 2.26. The molecule has 3 heterocycles. The Bertz CT molecular complexity index is 1320. The lowest BCUT2D eigenvalue weighted by molar-refractivity contribution is -0.687. The second kappa shape index (κ2) is 7.56. The van der Waals surface area contributed by atoms with E-state index >= 15 is 0 Å². The van der Waals surface area contributed by atoms with Crippen molar-refractivity contribution in [3.63, 3.8) is 0 Å². The molecule has 5 rings (SSSR count). The number of hydrogen-bond donors (Lipinski definition) is 1. The van der Waals surface area contributed by atoms with E-state index in [9.17, 15) is 0 Å². The first-order chi connectivity index (χ1) is 14.7. The van der Waals surface area contributed by atoms with Crippen LogP contribution in [0.4, 0.5) is 0 Å². The number of nitrogens with one attached hydrogen (secondary N) is 1. The van der Waals surface area contributed by atoms with Gasteiger partial charge in [-0.15, -0.1) is 0 Å². The van der Waals surface area contributed by atoms with Crippen LogP contribution in [0.2, 0.25) is 0 Å². The van der Waals surface area contributed by atoms with Crippen molar-refractivity contribution in [3.05, 3.63) is 102 Å². The van der Waals surface area contributed by atoms with Crippen LogP contribution < -0.4 is 4.57 Å². The van der Waals surface area contributed by atoms with Gasteiger partial charge in [0.25, 0.3) is 0 Å². The summed E-state index contributed by atoms with van der Waals surface area (Å²) in [5.74, 6) is 0.885. The van der Waals surface area contributed by atoms with E-state index in [4.69, 9.17) is 4.98 Å². The lowest BCUT2D eigenvalue weighted by atomic mass is 9.99. The molecule has 1 N–H and O–H groups in total. The molecule has 0 fully saturated rings. The maximum Gasteiger partial charge on any atom is 0.195 e. The van der Waals surface area contributed by atoms with E-state index in [2.05, 4.69) is 95.4 Å². The summed E-state index contributed by atoms with van der Waals surface area (Å²) in [6.45, 7) is 5.08. The SMILES string of the molecule is Cc1ccc(-c2ccc(-c3nc4cc[n+](Cc5cccnc5)cc4[nH]3)cc2)cc1C. The van der Waals surface area contributed by atoms with Gasteiger partial charge in [0.05, 0.1) is 0 Å². The first-order valence-electron chi connectivity index (χ1n) is 10.1. The van der Waals surface area contributed by atoms with E-state index in [0.29, 0.717) is 0 Å². The predicted molar refractivity (Wildman–Crippen MR) is 120 cm³/mol. The third-order valence-electron chi connectivity index (χ3n) is 5.57. The lowest BCUT2D eigenvalue weighted by Crippen LogP contribution is -2.33. The van der Waals surface area contributed by atoms with Crippen molar-refractivity contribution >= 4 is 11.0 Å². The highest BCUT2D eigenvalue weighted by molar-refractivity contribution is 5.78. The molecule has 3 aromatic heterocycles. The standard InChI is InChI=1S/C26H22N4/c1-18-5-6-23(14-19(18)2)21-7-9-22(10-8-21)26-28-24-11-13-30(17-25(24)29-26)16-20-4-3-12-27-15-20/h3-15,17H,16H2,1-2H3/p+1. The number of aryl methyl sites for hydroxylation is 2. The van der Waals surface area contributed by atoms with Gasteiger partial charge in [0.1, 0.15) is 16.9 Å². The molecule has 5 aromatic rings. The Kier molecular flexibility index (Phi) is 4.60. The van der Waals surface area contributed by atoms with Gasteiger partial charge in [-0.05, 0) is 48.2 Å². The number of benzene rings is 2. The summed E-state index contributed by atoms with van der Waals surface area (Å²) in [5.41, 5.74) is 9.33. The van der Waals surface area contributed by atoms with Gasteiger partial charge in [-0.3, -0.25) is 4.98 Å². The van der Waals surface area contributed by atoms with Crippen LogP contribution in [0.15, 0.2) is 85.5 Å². The minimum Gasteiger partial charge on any atom is -0.333 e. The average molecular weight is 391 g/mol. The monoisotopic (exact) mass is 391 g/mol. The van der Waals surface area contributed by atoms with Gasteiger partial charge in [-0.2, -0.15) is 4.57 Å². The van der Waals surface area contributed by atoms with Gasteiger partial charge in [0.2, 0.25) is 0 Å². The van der Waals surface area contributed by atoms with E-state index in [0.717, 1.165) is 29.0 Å². The van der Waals surface area contributed by atoms with Crippen molar-refractivity contribution < 1.29 is 4.57 Å². The number of aromatic nitrogens is 4. The molecule has 4 heteroatoms. The predicted octanol–water partition coefficient (Wildman–Crippen LogP) is 5.24. The third-order valence-corrected chi connectivity index (χ3v) is 5.57. The van der Waals surface area contributed by atoms with Crippen LogP contribution in [0.1, 0.15) is 16.7 Å². The Balaban J connectivity index is 1.42. The van der Waals surface area contributed by atoms with Crippen molar-refractivity contribution in [2.75, 3.05) is 0 Å². The quantitative estimate of drug-likeness (QED) is 0.426. The molecule has 0 bridgehead atoms. The molecule has 0 spiro atoms. The Morgan fingerprint density at radius 2 is 1.67 bits per heavy atom. The third kappa shape index (κ3) is 3.60. The second-order valence-electron chi connectivity index (χ2n) is 7.74. The van der Waals surface area contributed by atoms with Gasteiger partial charge in [0.15, 0.2) is 18.9 Å². The molecular weight excluding hydrogens is 368 g/mol. The summed E-state index contributed by atoms with van der Waals surface area (Å²) in [7, 11) is 0. The number of fused-ring (bicyclic) bond motifs is 1. The maximum absolute atomic E-state index is 4.78. The normalized spacial score (nSPS) is 11.1. The summed E-state index contributed by atoms with van der Waals surface area (Å²) in [6, 6.07) is 21.3. The van der Waals surface area contributed by atoms with Gasteiger partial charge in [-0.25, -0.2) is 4.98 Å². The van der Waals surface area contributed by atoms with E-state index in [1.807, 2.05) is 12.3 Å². The molecule has 0 unspecified atom stereocenters. The molecule has 0 saturated heterocycles. The molecule has 0 atom stereocenters. The Morgan fingerprint density at radius 1 is 0.867 bits per heavy atom. The van der Waals surface area contributed by atoms with Gasteiger partial charge >= 0.3 is 0 Å². The zero-order chi connectivity index (χ0) is 20.5. The fourth-order valence-corrected chi connectivity index (χ4v) is 3.68. The Labute approximate surface area is 175 Å². The zero-order valence-electron chi connectivity index (χ0n) is 17.1. The number of pyridine rings is 2. The fourth-order valence-electron chi connectivity index (χ4n) is 3.68. The van der Waals surface area contributed by atoms with E-state index < -0.39 is 0 Å². The van der Waals surface area contributed by atoms with Crippen LogP contribution in [-0.2, 0) is 6.54 Å². The van der Waals surface area contributed by atoms with Gasteiger partial charge in [-0.1, -0.05) is 42.5 Å². The van der Waals surface area contributed by atoms with Crippen molar-refractivity contribution in [3.8, 4) is 22.5 Å². The number of imidazole rings is 1. The molecule has 0 aliphatic carbocycles. The summed E-state index contributed by atoms with van der Waals surface area (Å²) >= 11 is 0. The molecule has 0 saturated carbocycles. The minimum atomic E-state index is 0.781. The zero-order valence-corrected chi connectivity index (χ0v) is 17.1. The summed E-state index contributed by atoms with van der Waals surface area (Å²) in [4.78, 5) is 12.4. The fraction of sp³-hybridized carbons (Fsp3) is 0.115. The van der Waals surface area contributed by atoms with Crippen LogP contribution in [0, 0.1) is 13.8 Å². The molecule has 0 aliphatic heterocycles. The van der Waals surface area contributed by atoms with Crippen LogP contribution in [0.5, 0.6) is 0 Å². The number of H-pyrrole nitrogens is 1. The Hall–Kier alpha value is -3.79. The minimum absolute atomic E-state index is 0.781.